The van der Waals surface area contributed by atoms with Gasteiger partial charge in [0.25, 0.3) is 41.9 Å². The van der Waals surface area contributed by atoms with Gasteiger partial charge in [-0.2, -0.15) is 25.3 Å². The fraction of sp³-hybridized carbons (Fsp3) is 0. The molecule has 0 heterocycles. The van der Waals surface area contributed by atoms with E-state index in [-0.39, 0.29) is 94.1 Å². The molecule has 0 aromatic heterocycles. The van der Waals surface area contributed by atoms with Gasteiger partial charge in [-0.15, -0.1) is 0 Å². The molecule has 0 aliphatic heterocycles. The summed E-state index contributed by atoms with van der Waals surface area (Å²) >= 11 is 0. The number of hydrogen-bond donors (Lipinski definition) is 4. The number of non-ortho nitro benzene ring substituents is 1. The zero-order valence-corrected chi connectivity index (χ0v) is 27.8. The fourth-order valence-corrected chi connectivity index (χ4v) is 5.03. The minimum absolute atomic E-state index is 0. The van der Waals surface area contributed by atoms with Crippen LogP contribution in [-0.2, 0) is 30.4 Å². The average Bonchev–Trinajstić information content (AvgIpc) is 2.70. The molecule has 0 fully saturated rings. The number of fused-ring (bicyclic) bond motifs is 1. The summed E-state index contributed by atoms with van der Waals surface area (Å²) in [7, 11) is -15.0. The van der Waals surface area contributed by atoms with Gasteiger partial charge in [0, 0.05) is 106 Å². The van der Waals surface area contributed by atoms with E-state index < -0.39 is 78.2 Å². The molecule has 0 aliphatic carbocycles. The Kier molecular flexibility index (Phi) is 13.1. The minimum atomic E-state index is -5.17. The van der Waals surface area contributed by atoms with Crippen molar-refractivity contribution in [1.29, 1.82) is 0 Å². The second-order valence-electron chi connectivity index (χ2n) is 6.64. The first kappa shape index (κ1) is 36.5. The number of nitrogens with one attached hydrogen (secondary N) is 1. The second-order valence-corrected chi connectivity index (χ2v) is 10.8. The van der Waals surface area contributed by atoms with Crippen molar-refractivity contribution < 1.29 is 48.6 Å². The van der Waals surface area contributed by atoms with Gasteiger partial charge in [0.05, 0.1) is 21.1 Å². The number of rotatable bonds is 6. The largest absolute Gasteiger partial charge is 0.321 e. The van der Waals surface area contributed by atoms with Crippen LogP contribution in [0.15, 0.2) is 63.2 Å². The van der Waals surface area contributed by atoms with Crippen molar-refractivity contribution in [3.63, 3.8) is 0 Å². The Morgan fingerprint density at radius 2 is 1.35 bits per heavy atom. The number of carbonyl (C=O) groups excluding carboxylic acids is 1. The summed E-state index contributed by atoms with van der Waals surface area (Å²) in [6.45, 7) is 0. The second kappa shape index (κ2) is 13.2. The molecular weight excluding hydrogens is 589 g/mol. The zero-order valence-electron chi connectivity index (χ0n) is 19.3. The normalized spacial score (nSPS) is 11.4. The molecule has 0 unspecified atom stereocenters. The van der Waals surface area contributed by atoms with Crippen LogP contribution in [0.1, 0.15) is 10.4 Å². The maximum atomic E-state index is 12.8. The Morgan fingerprint density at radius 3 is 1.84 bits per heavy atom. The number of anilines is 1. The smallest absolute Gasteiger partial charge is 0.295 e. The zero-order chi connectivity index (χ0) is 25.6. The van der Waals surface area contributed by atoms with E-state index >= 15 is 0 Å². The molecule has 0 saturated carbocycles. The van der Waals surface area contributed by atoms with Crippen LogP contribution in [0.4, 0.5) is 11.4 Å². The first-order valence-electron chi connectivity index (χ1n) is 8.59. The van der Waals surface area contributed by atoms with Crippen molar-refractivity contribution in [2.24, 2.45) is 0 Å². The molecule has 0 aliphatic rings. The van der Waals surface area contributed by atoms with Crippen LogP contribution in [0.2, 0.25) is 0 Å². The summed E-state index contributed by atoms with van der Waals surface area (Å²) in [4.78, 5) is 20.1. The third kappa shape index (κ3) is 8.50. The SMILES string of the molecule is O=C(Nc1cc(S(=O)(=O)O)cc2cccc(S(=O)(=O)O)c12)c1ccc([N+](=O)[O-])cc1S(=O)(=O)O.[Na].[Na].[Na]. The van der Waals surface area contributed by atoms with Crippen LogP contribution in [0, 0.1) is 10.1 Å². The molecule has 3 aromatic carbocycles. The molecule has 183 valence electrons. The molecule has 0 atom stereocenters. The molecule has 3 rings (SSSR count). The summed E-state index contributed by atoms with van der Waals surface area (Å²) in [5.41, 5.74) is -2.19. The van der Waals surface area contributed by atoms with E-state index in [2.05, 4.69) is 5.32 Å². The van der Waals surface area contributed by atoms with Gasteiger partial charge >= 0.3 is 0 Å². The molecule has 4 N–H and O–H groups in total. The van der Waals surface area contributed by atoms with Crippen LogP contribution in [0.3, 0.4) is 0 Å². The third-order valence-electron chi connectivity index (χ3n) is 4.43. The molecule has 1 amide bonds. The first-order valence-corrected chi connectivity index (χ1v) is 12.9. The van der Waals surface area contributed by atoms with Crippen molar-refractivity contribution in [2.75, 3.05) is 5.32 Å². The first-order chi connectivity index (χ1) is 15.5. The summed E-state index contributed by atoms with van der Waals surface area (Å²) in [6.07, 6.45) is 0. The number of nitro benzene ring substituents is 1. The number of carbonyl (C=O) groups is 1. The molecule has 37 heavy (non-hydrogen) atoms. The molecule has 0 bridgehead atoms. The van der Waals surface area contributed by atoms with E-state index in [0.29, 0.717) is 18.2 Å². The maximum absolute atomic E-state index is 12.8. The molecule has 0 saturated heterocycles. The van der Waals surface area contributed by atoms with Crippen LogP contribution < -0.4 is 5.32 Å². The average molecular weight is 601 g/mol. The van der Waals surface area contributed by atoms with E-state index in [0.717, 1.165) is 24.3 Å². The van der Waals surface area contributed by atoms with E-state index in [1.807, 2.05) is 0 Å². The Labute approximate surface area is 276 Å². The van der Waals surface area contributed by atoms with Gasteiger partial charge in [-0.05, 0) is 29.7 Å². The maximum Gasteiger partial charge on any atom is 0.295 e. The van der Waals surface area contributed by atoms with Gasteiger partial charge in [-0.25, -0.2) is 0 Å². The topological polar surface area (TPSA) is 235 Å². The van der Waals surface area contributed by atoms with Crippen molar-refractivity contribution >= 4 is 147 Å². The molecule has 3 aromatic rings. The Morgan fingerprint density at radius 1 is 0.784 bits per heavy atom. The van der Waals surface area contributed by atoms with Gasteiger partial charge in [-0.1, -0.05) is 12.1 Å². The van der Waals surface area contributed by atoms with Crippen LogP contribution in [0.25, 0.3) is 10.8 Å². The summed E-state index contributed by atoms with van der Waals surface area (Å²) in [5.74, 6) is -1.36. The van der Waals surface area contributed by atoms with Crippen molar-refractivity contribution in [3.8, 4) is 0 Å². The van der Waals surface area contributed by atoms with Crippen molar-refractivity contribution in [3.05, 3.63) is 64.2 Å². The minimum Gasteiger partial charge on any atom is -0.321 e. The van der Waals surface area contributed by atoms with Crippen molar-refractivity contribution in [1.82, 2.24) is 0 Å². The number of amides is 1. The summed E-state index contributed by atoms with van der Waals surface area (Å²) < 4.78 is 98.7. The van der Waals surface area contributed by atoms with Gasteiger partial charge < -0.3 is 5.32 Å². The van der Waals surface area contributed by atoms with Crippen LogP contribution >= 0.6 is 0 Å². The van der Waals surface area contributed by atoms with Gasteiger partial charge in [-0.3, -0.25) is 28.6 Å². The molecular formula is C17H12N2Na3O12S3. The quantitative estimate of drug-likeness (QED) is 0.132. The molecule has 0 spiro atoms. The fourth-order valence-electron chi connectivity index (χ4n) is 3.04. The molecule has 3 radical (unpaired) electrons. The van der Waals surface area contributed by atoms with Crippen molar-refractivity contribution in [2.45, 2.75) is 14.7 Å². The standard InChI is InChI=1S/C17H12N2O12S3.3Na/c20-17(12-5-4-10(19(21)22)7-15(12)34(29,30)31)18-13-8-11(32(23,24)25)6-9-2-1-3-14(16(9)13)33(26,27)28;;;/h1-8H,(H,18,20)(H,23,24,25)(H,26,27,28)(H,29,30,31);;;. The summed E-state index contributed by atoms with van der Waals surface area (Å²) in [5, 5.41) is 12.4. The van der Waals surface area contributed by atoms with Gasteiger partial charge in [0.2, 0.25) is 0 Å². The molecule has 14 nitrogen and oxygen atoms in total. The van der Waals surface area contributed by atoms with E-state index in [1.54, 1.807) is 0 Å². The Hall–Kier alpha value is -0.480. The van der Waals surface area contributed by atoms with Gasteiger partial charge in [0.15, 0.2) is 0 Å². The Balaban J connectivity index is 0.00000432. The predicted octanol–water partition coefficient (Wildman–Crippen LogP) is 0.598. The monoisotopic (exact) mass is 601 g/mol. The van der Waals surface area contributed by atoms with E-state index in [9.17, 15) is 53.8 Å². The van der Waals surface area contributed by atoms with Crippen LogP contribution in [0.5, 0.6) is 0 Å². The van der Waals surface area contributed by atoms with E-state index in [1.165, 1.54) is 6.07 Å². The summed E-state index contributed by atoms with van der Waals surface area (Å²) in [6, 6.07) is 6.60. The predicted molar refractivity (Wildman–Crippen MR) is 132 cm³/mol. The number of hydrogen-bond acceptors (Lipinski definition) is 9. The van der Waals surface area contributed by atoms with Gasteiger partial charge in [0.1, 0.15) is 9.79 Å². The molecule has 20 heteroatoms. The van der Waals surface area contributed by atoms with E-state index in [4.69, 9.17) is 0 Å². The van der Waals surface area contributed by atoms with Crippen LogP contribution in [-0.4, -0.2) is 138 Å². The number of nitro groups is 1. The third-order valence-corrected chi connectivity index (χ3v) is 7.06. The number of nitrogens with zero attached hydrogens (tertiary/aromatic N) is 1. The Bertz CT molecular complexity index is 1710. The number of benzene rings is 3.